The third kappa shape index (κ3) is 5.02. The van der Waals surface area contributed by atoms with Crippen LogP contribution in [0.25, 0.3) is 4.83 Å². The molecule has 0 aromatic carbocycles. The Labute approximate surface area is 238 Å². The first-order valence-electron chi connectivity index (χ1n) is 11.9. The van der Waals surface area contributed by atoms with E-state index in [0.29, 0.717) is 17.9 Å². The molecule has 5 N–H and O–H groups in total. The molecule has 14 nitrogen and oxygen atoms in total. The number of nitrogens with zero attached hydrogens (tertiary/aromatic N) is 5. The van der Waals surface area contributed by atoms with Crippen molar-refractivity contribution >= 4 is 73.9 Å². The molecule has 40 heavy (non-hydrogen) atoms. The van der Waals surface area contributed by atoms with Gasteiger partial charge in [0.25, 0.3) is 11.8 Å². The van der Waals surface area contributed by atoms with E-state index in [-0.39, 0.29) is 22.2 Å². The van der Waals surface area contributed by atoms with Crippen LogP contribution in [0.4, 0.5) is 5.13 Å². The molecule has 0 radical (unpaired) electrons. The molecule has 5 rings (SSSR count). The molecule has 2 aliphatic rings. The number of aryl methyl sites for hydroxylation is 1. The van der Waals surface area contributed by atoms with E-state index in [1.807, 2.05) is 17.1 Å². The number of nitrogens with one attached hydrogen (secondary N) is 1. The number of carbonyl (C=O) groups is 4. The van der Waals surface area contributed by atoms with Crippen molar-refractivity contribution in [2.24, 2.45) is 5.16 Å². The molecule has 0 unspecified atom stereocenters. The van der Waals surface area contributed by atoms with Crippen LogP contribution in [0.5, 0.6) is 0 Å². The molecule has 0 saturated carbocycles. The summed E-state index contributed by atoms with van der Waals surface area (Å²) in [6.45, 7) is 3.59. The number of aromatic nitrogens is 3. The number of thiazole rings is 2. The second-order valence-electron chi connectivity index (χ2n) is 8.92. The van der Waals surface area contributed by atoms with E-state index in [0.717, 1.165) is 28.3 Å². The average Bonchev–Trinajstić information content (AvgIpc) is 3.62. The number of carboxylic acids is 2. The number of amides is 2. The first kappa shape index (κ1) is 27.6. The lowest BCUT2D eigenvalue weighted by molar-refractivity contribution is -0.687. The number of β-lactam (4-membered cyclic amide) rings is 1. The maximum absolute atomic E-state index is 13.2. The molecule has 3 aromatic heterocycles. The minimum atomic E-state index is -1.35. The lowest BCUT2D eigenvalue weighted by Crippen LogP contribution is -2.71. The summed E-state index contributed by atoms with van der Waals surface area (Å²) >= 11 is 3.97. The van der Waals surface area contributed by atoms with Crippen molar-refractivity contribution in [2.75, 3.05) is 11.5 Å². The smallest absolute Gasteiger partial charge is 0.352 e. The molecule has 0 bridgehead atoms. The standard InChI is InChI=1S/C23H23N7O7S3/c1-3-12-7-38-14-5-28(9-29(12)14)4-11-6-39-20-16(19(32)30(20)17(11)22(35)36)26-18(31)15(13-8-40-23(24)25-13)27-37-10(2)21(33)34/h5,7-10,16,20H,3-4,6H2,1-2H3,(H4-,24,25,26,31,33,34,35,36)/p+1/b27-15-/t10-,16+,20+/m0/s1. The molecule has 5 heterocycles. The van der Waals surface area contributed by atoms with Crippen molar-refractivity contribution in [3.63, 3.8) is 0 Å². The summed E-state index contributed by atoms with van der Waals surface area (Å²) < 4.78 is 3.95. The van der Waals surface area contributed by atoms with Gasteiger partial charge in [-0.25, -0.2) is 19.1 Å². The second kappa shape index (κ2) is 10.9. The van der Waals surface area contributed by atoms with E-state index >= 15 is 0 Å². The van der Waals surface area contributed by atoms with Gasteiger partial charge < -0.3 is 26.1 Å². The van der Waals surface area contributed by atoms with E-state index in [1.54, 1.807) is 11.3 Å². The monoisotopic (exact) mass is 606 g/mol. The van der Waals surface area contributed by atoms with Crippen LogP contribution in [-0.4, -0.2) is 77.2 Å². The van der Waals surface area contributed by atoms with Gasteiger partial charge in [-0.15, -0.1) is 23.1 Å². The number of nitrogens with two attached hydrogens (primary N) is 1. The summed E-state index contributed by atoms with van der Waals surface area (Å²) in [6, 6.07) is -1.04. The molecule has 1 fully saturated rings. The van der Waals surface area contributed by atoms with Gasteiger partial charge in [0.15, 0.2) is 10.8 Å². The zero-order valence-electron chi connectivity index (χ0n) is 21.1. The van der Waals surface area contributed by atoms with Crippen LogP contribution in [0.3, 0.4) is 0 Å². The number of hydrogen-bond acceptors (Lipinski definition) is 11. The molecule has 210 valence electrons. The molecular weight excluding hydrogens is 582 g/mol. The Balaban J connectivity index is 1.35. The van der Waals surface area contributed by atoms with Crippen molar-refractivity contribution in [3.05, 3.63) is 45.9 Å². The van der Waals surface area contributed by atoms with Crippen LogP contribution in [0.1, 0.15) is 25.2 Å². The summed E-state index contributed by atoms with van der Waals surface area (Å²) in [4.78, 5) is 60.8. The zero-order valence-corrected chi connectivity index (χ0v) is 23.6. The van der Waals surface area contributed by atoms with Crippen LogP contribution < -0.4 is 15.6 Å². The predicted octanol–water partition coefficient (Wildman–Crippen LogP) is 0.522. The summed E-state index contributed by atoms with van der Waals surface area (Å²) in [5, 5.41) is 28.3. The van der Waals surface area contributed by atoms with Gasteiger partial charge in [-0.1, -0.05) is 23.4 Å². The minimum Gasteiger partial charge on any atom is -0.478 e. The van der Waals surface area contributed by atoms with Crippen LogP contribution >= 0.6 is 34.4 Å². The van der Waals surface area contributed by atoms with Crippen LogP contribution in [0.15, 0.2) is 39.7 Å². The van der Waals surface area contributed by atoms with Gasteiger partial charge in [0.05, 0.1) is 0 Å². The molecule has 2 amide bonds. The molecule has 3 atom stereocenters. The largest absolute Gasteiger partial charge is 0.478 e. The molecule has 1 saturated heterocycles. The fourth-order valence-electron chi connectivity index (χ4n) is 4.28. The van der Waals surface area contributed by atoms with E-state index < -0.39 is 41.3 Å². The van der Waals surface area contributed by atoms with Crippen LogP contribution in [0.2, 0.25) is 0 Å². The van der Waals surface area contributed by atoms with Crippen molar-refractivity contribution in [2.45, 2.75) is 44.3 Å². The number of aliphatic carboxylic acids is 2. The average molecular weight is 607 g/mol. The number of hydrogen-bond donors (Lipinski definition) is 4. The van der Waals surface area contributed by atoms with Gasteiger partial charge in [-0.2, -0.15) is 4.40 Å². The highest BCUT2D eigenvalue weighted by Gasteiger charge is 2.54. The number of rotatable bonds is 10. The Kier molecular flexibility index (Phi) is 7.52. The first-order valence-corrected chi connectivity index (χ1v) is 14.8. The third-order valence-electron chi connectivity index (χ3n) is 6.30. The molecule has 0 spiro atoms. The number of fused-ring (bicyclic) bond motifs is 2. The van der Waals surface area contributed by atoms with Crippen molar-refractivity contribution < 1.29 is 38.8 Å². The highest BCUT2D eigenvalue weighted by molar-refractivity contribution is 8.00. The Morgan fingerprint density at radius 2 is 2.10 bits per heavy atom. The number of thioether (sulfide) groups is 1. The second-order valence-corrected chi connectivity index (χ2v) is 11.8. The lowest BCUT2D eigenvalue weighted by Gasteiger charge is -2.49. The van der Waals surface area contributed by atoms with Gasteiger partial charge >= 0.3 is 11.9 Å². The minimum absolute atomic E-state index is 0.0432. The Bertz CT molecular complexity index is 1590. The van der Waals surface area contributed by atoms with Crippen molar-refractivity contribution in [1.29, 1.82) is 0 Å². The van der Waals surface area contributed by atoms with E-state index in [2.05, 4.69) is 32.2 Å². The molecule has 17 heteroatoms. The number of anilines is 1. The van der Waals surface area contributed by atoms with Gasteiger partial charge in [-0.05, 0) is 6.92 Å². The van der Waals surface area contributed by atoms with E-state index in [4.69, 9.17) is 15.7 Å². The Hall–Kier alpha value is -3.96. The molecule has 2 aliphatic heterocycles. The summed E-state index contributed by atoms with van der Waals surface area (Å²) in [6.07, 6.45) is 3.36. The number of nitrogen functional groups attached to an aromatic ring is 1. The highest BCUT2D eigenvalue weighted by Crippen LogP contribution is 2.40. The molecule has 3 aromatic rings. The van der Waals surface area contributed by atoms with Gasteiger partial charge in [0.1, 0.15) is 41.2 Å². The first-order chi connectivity index (χ1) is 19.1. The third-order valence-corrected chi connectivity index (χ3v) is 9.25. The normalized spacial score (nSPS) is 19.8. The Morgan fingerprint density at radius 3 is 2.75 bits per heavy atom. The van der Waals surface area contributed by atoms with Gasteiger partial charge in [0, 0.05) is 28.5 Å². The number of oxime groups is 1. The highest BCUT2D eigenvalue weighted by atomic mass is 32.2. The van der Waals surface area contributed by atoms with Gasteiger partial charge in [-0.3, -0.25) is 14.5 Å². The van der Waals surface area contributed by atoms with E-state index in [1.165, 1.54) is 29.0 Å². The maximum Gasteiger partial charge on any atom is 0.352 e. The topological polar surface area (TPSA) is 193 Å². The summed E-state index contributed by atoms with van der Waals surface area (Å²) in [7, 11) is 0. The molecule has 0 aliphatic carbocycles. The Morgan fingerprint density at radius 1 is 1.32 bits per heavy atom. The van der Waals surface area contributed by atoms with Gasteiger partial charge in [0.2, 0.25) is 17.3 Å². The quantitative estimate of drug-likeness (QED) is 0.109. The number of carboxylic acid groups (broad SMARTS) is 2. The van der Waals surface area contributed by atoms with Crippen molar-refractivity contribution in [1.82, 2.24) is 19.6 Å². The lowest BCUT2D eigenvalue weighted by atomic mass is 10.0. The zero-order chi connectivity index (χ0) is 28.7. The van der Waals surface area contributed by atoms with Crippen LogP contribution in [0, 0.1) is 0 Å². The number of imidazole rings is 1. The van der Waals surface area contributed by atoms with E-state index in [9.17, 15) is 24.3 Å². The fourth-order valence-corrected chi connectivity index (χ4v) is 7.18. The molecular formula is C23H24N7O7S3+. The fraction of sp³-hybridized carbons (Fsp3) is 0.348. The SMILES string of the molecule is CCc1csc2c[n+](CC3=C(C(=O)O)N4C(=O)[C@@H](NC(=O)/C(=N\O[C@@H](C)C(=O)O)c5csc(N)n5)[C@H]4SC3)cn12. The summed E-state index contributed by atoms with van der Waals surface area (Å²) in [5.74, 6) is -3.62. The maximum atomic E-state index is 13.2. The predicted molar refractivity (Wildman–Crippen MR) is 146 cm³/mol. The van der Waals surface area contributed by atoms with Crippen molar-refractivity contribution in [3.8, 4) is 0 Å². The summed E-state index contributed by atoms with van der Waals surface area (Å²) in [5.41, 5.74) is 6.97. The van der Waals surface area contributed by atoms with Crippen LogP contribution in [-0.2, 0) is 37.0 Å². The number of carbonyl (C=O) groups excluding carboxylic acids is 2.